The summed E-state index contributed by atoms with van der Waals surface area (Å²) in [5.41, 5.74) is 8.42. The van der Waals surface area contributed by atoms with Gasteiger partial charge in [0.15, 0.2) is 9.84 Å². The van der Waals surface area contributed by atoms with Gasteiger partial charge in [0, 0.05) is 24.8 Å². The van der Waals surface area contributed by atoms with Crippen molar-refractivity contribution in [2.45, 2.75) is 38.0 Å². The fourth-order valence-electron chi connectivity index (χ4n) is 2.57. The zero-order valence-corrected chi connectivity index (χ0v) is 13.1. The van der Waals surface area contributed by atoms with Gasteiger partial charge in [-0.05, 0) is 38.3 Å². The summed E-state index contributed by atoms with van der Waals surface area (Å²) in [6.07, 6.45) is 1.95. The molecule has 1 aromatic carbocycles. The van der Waals surface area contributed by atoms with Crippen LogP contribution in [0.4, 0.5) is 5.69 Å². The van der Waals surface area contributed by atoms with Gasteiger partial charge in [-0.1, -0.05) is 18.2 Å². The lowest BCUT2D eigenvalue weighted by molar-refractivity contribution is 0.584. The maximum Gasteiger partial charge on any atom is 0.154 e. The SMILES string of the molecule is CC(C)S(=O)(=O)CCN1CCCC(N)c2ccccc21. The van der Waals surface area contributed by atoms with E-state index in [2.05, 4.69) is 11.0 Å². The van der Waals surface area contributed by atoms with Gasteiger partial charge in [-0.25, -0.2) is 8.42 Å². The van der Waals surface area contributed by atoms with E-state index in [1.165, 1.54) is 0 Å². The van der Waals surface area contributed by atoms with Crippen molar-refractivity contribution in [1.82, 2.24) is 0 Å². The number of fused-ring (bicyclic) bond motifs is 1. The molecule has 1 aliphatic rings. The second kappa shape index (κ2) is 6.14. The molecule has 1 unspecified atom stereocenters. The van der Waals surface area contributed by atoms with Crippen LogP contribution in [0, 0.1) is 0 Å². The van der Waals surface area contributed by atoms with E-state index in [1.54, 1.807) is 13.8 Å². The highest BCUT2D eigenvalue weighted by molar-refractivity contribution is 7.92. The molecule has 1 atom stereocenters. The van der Waals surface area contributed by atoms with Crippen LogP contribution >= 0.6 is 0 Å². The van der Waals surface area contributed by atoms with E-state index in [-0.39, 0.29) is 17.0 Å². The third kappa shape index (κ3) is 3.33. The minimum absolute atomic E-state index is 0.0536. The summed E-state index contributed by atoms with van der Waals surface area (Å²) in [5, 5.41) is -0.313. The van der Waals surface area contributed by atoms with E-state index in [9.17, 15) is 8.42 Å². The van der Waals surface area contributed by atoms with Gasteiger partial charge >= 0.3 is 0 Å². The van der Waals surface area contributed by atoms with Crippen LogP contribution in [0.25, 0.3) is 0 Å². The lowest BCUT2D eigenvalue weighted by Gasteiger charge is -2.25. The van der Waals surface area contributed by atoms with Crippen molar-refractivity contribution in [2.75, 3.05) is 23.7 Å². The molecule has 0 aromatic heterocycles. The number of rotatable bonds is 4. The quantitative estimate of drug-likeness (QED) is 0.924. The maximum atomic E-state index is 12.0. The molecule has 1 aromatic rings. The van der Waals surface area contributed by atoms with Crippen molar-refractivity contribution in [3.63, 3.8) is 0 Å². The molecule has 0 amide bonds. The van der Waals surface area contributed by atoms with Crippen LogP contribution in [0.15, 0.2) is 24.3 Å². The number of nitrogens with two attached hydrogens (primary N) is 1. The first-order chi connectivity index (χ1) is 9.42. The molecular weight excluding hydrogens is 272 g/mol. The highest BCUT2D eigenvalue weighted by atomic mass is 32.2. The molecule has 112 valence electrons. The molecule has 0 spiro atoms. The van der Waals surface area contributed by atoms with Crippen LogP contribution in [-0.2, 0) is 9.84 Å². The van der Waals surface area contributed by atoms with Crippen LogP contribution in [-0.4, -0.2) is 32.5 Å². The molecule has 2 rings (SSSR count). The zero-order chi connectivity index (χ0) is 14.8. The average molecular weight is 296 g/mol. The summed E-state index contributed by atoms with van der Waals surface area (Å²) in [6, 6.07) is 8.13. The molecule has 0 bridgehead atoms. The molecule has 0 saturated carbocycles. The molecule has 0 radical (unpaired) electrons. The highest BCUT2D eigenvalue weighted by Gasteiger charge is 2.22. The molecule has 1 heterocycles. The fraction of sp³-hybridized carbons (Fsp3) is 0.600. The van der Waals surface area contributed by atoms with Crippen molar-refractivity contribution in [2.24, 2.45) is 5.73 Å². The van der Waals surface area contributed by atoms with E-state index in [4.69, 9.17) is 5.73 Å². The third-order valence-electron chi connectivity index (χ3n) is 3.98. The van der Waals surface area contributed by atoms with Crippen molar-refractivity contribution in [3.05, 3.63) is 29.8 Å². The summed E-state index contributed by atoms with van der Waals surface area (Å²) in [7, 11) is -3.00. The Morgan fingerprint density at radius 2 is 2.05 bits per heavy atom. The Bertz CT molecular complexity index is 555. The standard InChI is InChI=1S/C15H24N2O2S/c1-12(2)20(18,19)11-10-17-9-5-7-14(16)13-6-3-4-8-15(13)17/h3-4,6,8,12,14H,5,7,9-11,16H2,1-2H3. The Hall–Kier alpha value is -1.07. The first-order valence-corrected chi connectivity index (χ1v) is 8.94. The van der Waals surface area contributed by atoms with Crippen LogP contribution in [0.1, 0.15) is 38.3 Å². The molecule has 0 aliphatic carbocycles. The third-order valence-corrected chi connectivity index (χ3v) is 6.17. The van der Waals surface area contributed by atoms with Gasteiger partial charge in [0.1, 0.15) is 0 Å². The summed E-state index contributed by atoms with van der Waals surface area (Å²) < 4.78 is 24.0. The second-order valence-electron chi connectivity index (χ2n) is 5.71. The molecule has 0 fully saturated rings. The first kappa shape index (κ1) is 15.3. The van der Waals surface area contributed by atoms with Gasteiger partial charge in [0.2, 0.25) is 0 Å². The Morgan fingerprint density at radius 3 is 2.75 bits per heavy atom. The number of nitrogens with zero attached hydrogens (tertiary/aromatic N) is 1. The molecule has 5 heteroatoms. The maximum absolute atomic E-state index is 12.0. The van der Waals surface area contributed by atoms with E-state index in [0.717, 1.165) is 30.6 Å². The number of anilines is 1. The number of hydrogen-bond acceptors (Lipinski definition) is 4. The number of sulfone groups is 1. The highest BCUT2D eigenvalue weighted by Crippen LogP contribution is 2.31. The molecule has 0 saturated heterocycles. The van der Waals surface area contributed by atoms with Gasteiger partial charge in [-0.3, -0.25) is 0 Å². The predicted molar refractivity (Wildman–Crippen MR) is 83.7 cm³/mol. The summed E-state index contributed by atoms with van der Waals surface area (Å²) in [5.74, 6) is 0.203. The van der Waals surface area contributed by atoms with Gasteiger partial charge in [0.25, 0.3) is 0 Å². The van der Waals surface area contributed by atoms with E-state index >= 15 is 0 Å². The summed E-state index contributed by atoms with van der Waals surface area (Å²) in [4.78, 5) is 2.17. The Morgan fingerprint density at radius 1 is 1.35 bits per heavy atom. The van der Waals surface area contributed by atoms with Crippen LogP contribution in [0.3, 0.4) is 0 Å². The van der Waals surface area contributed by atoms with Crippen molar-refractivity contribution >= 4 is 15.5 Å². The minimum Gasteiger partial charge on any atom is -0.370 e. The number of hydrogen-bond donors (Lipinski definition) is 1. The number of para-hydroxylation sites is 1. The Labute approximate surface area is 121 Å². The second-order valence-corrected chi connectivity index (χ2v) is 8.39. The molecular formula is C15H24N2O2S. The molecule has 20 heavy (non-hydrogen) atoms. The zero-order valence-electron chi connectivity index (χ0n) is 12.2. The van der Waals surface area contributed by atoms with Crippen molar-refractivity contribution < 1.29 is 8.42 Å². The van der Waals surface area contributed by atoms with Crippen LogP contribution < -0.4 is 10.6 Å². The van der Waals surface area contributed by atoms with Gasteiger partial charge in [-0.2, -0.15) is 0 Å². The van der Waals surface area contributed by atoms with E-state index in [1.807, 2.05) is 18.2 Å². The van der Waals surface area contributed by atoms with Gasteiger partial charge < -0.3 is 10.6 Å². The Balaban J connectivity index is 2.18. The van der Waals surface area contributed by atoms with Gasteiger partial charge in [0.05, 0.1) is 11.0 Å². The summed E-state index contributed by atoms with van der Waals surface area (Å²) >= 11 is 0. The summed E-state index contributed by atoms with van der Waals surface area (Å²) in [6.45, 7) is 4.89. The molecule has 1 aliphatic heterocycles. The lowest BCUT2D eigenvalue weighted by Crippen LogP contribution is -2.32. The largest absolute Gasteiger partial charge is 0.370 e. The average Bonchev–Trinajstić information content (AvgIpc) is 2.57. The first-order valence-electron chi connectivity index (χ1n) is 7.23. The van der Waals surface area contributed by atoms with Crippen LogP contribution in [0.5, 0.6) is 0 Å². The smallest absolute Gasteiger partial charge is 0.154 e. The number of benzene rings is 1. The topological polar surface area (TPSA) is 63.4 Å². The predicted octanol–water partition coefficient (Wildman–Crippen LogP) is 2.11. The molecule has 2 N–H and O–H groups in total. The normalized spacial score (nSPS) is 19.8. The minimum atomic E-state index is -3.00. The Kier molecular flexibility index (Phi) is 4.70. The lowest BCUT2D eigenvalue weighted by atomic mass is 10.0. The van der Waals surface area contributed by atoms with Crippen molar-refractivity contribution in [3.8, 4) is 0 Å². The van der Waals surface area contributed by atoms with Crippen molar-refractivity contribution in [1.29, 1.82) is 0 Å². The van der Waals surface area contributed by atoms with Gasteiger partial charge in [-0.15, -0.1) is 0 Å². The van der Waals surface area contributed by atoms with E-state index in [0.29, 0.717) is 6.54 Å². The monoisotopic (exact) mass is 296 g/mol. The van der Waals surface area contributed by atoms with Crippen LogP contribution in [0.2, 0.25) is 0 Å². The molecule has 4 nitrogen and oxygen atoms in total. The fourth-order valence-corrected chi connectivity index (χ4v) is 3.52. The van der Waals surface area contributed by atoms with E-state index < -0.39 is 9.84 Å².